The SMILES string of the molecule is CC(=O)N1CCC(C(=O)N(CCCN2CCC(Sc3ccncc3)CC2)c2cccc(Cl)c2)CC1. The van der Waals surface area contributed by atoms with E-state index in [1.54, 1.807) is 6.92 Å². The first-order valence-electron chi connectivity index (χ1n) is 12.6. The highest BCUT2D eigenvalue weighted by atomic mass is 35.5. The Bertz CT molecular complexity index is 976. The van der Waals surface area contributed by atoms with E-state index in [9.17, 15) is 9.59 Å². The Kier molecular flexibility index (Phi) is 9.46. The van der Waals surface area contributed by atoms with E-state index in [1.165, 1.54) is 17.7 Å². The van der Waals surface area contributed by atoms with Crippen LogP contribution in [0.5, 0.6) is 0 Å². The predicted molar refractivity (Wildman–Crippen MR) is 143 cm³/mol. The summed E-state index contributed by atoms with van der Waals surface area (Å²) in [5.74, 6) is 0.194. The smallest absolute Gasteiger partial charge is 0.230 e. The minimum atomic E-state index is -0.0504. The Morgan fingerprint density at radius 1 is 1.06 bits per heavy atom. The van der Waals surface area contributed by atoms with Crippen LogP contribution in [-0.2, 0) is 9.59 Å². The minimum Gasteiger partial charge on any atom is -0.343 e. The molecule has 0 saturated carbocycles. The molecule has 4 rings (SSSR count). The zero-order valence-electron chi connectivity index (χ0n) is 20.4. The van der Waals surface area contributed by atoms with Crippen molar-refractivity contribution in [2.24, 2.45) is 5.92 Å². The van der Waals surface area contributed by atoms with Crippen LogP contribution in [0, 0.1) is 5.92 Å². The largest absolute Gasteiger partial charge is 0.343 e. The molecule has 0 radical (unpaired) electrons. The van der Waals surface area contributed by atoms with Gasteiger partial charge in [0.1, 0.15) is 0 Å². The van der Waals surface area contributed by atoms with E-state index in [0.29, 0.717) is 29.9 Å². The van der Waals surface area contributed by atoms with Gasteiger partial charge in [0, 0.05) is 65.7 Å². The highest BCUT2D eigenvalue weighted by Crippen LogP contribution is 2.30. The van der Waals surface area contributed by atoms with Gasteiger partial charge < -0.3 is 14.7 Å². The number of hydrogen-bond acceptors (Lipinski definition) is 5. The highest BCUT2D eigenvalue weighted by molar-refractivity contribution is 8.00. The summed E-state index contributed by atoms with van der Waals surface area (Å²) in [4.78, 5) is 36.9. The number of benzene rings is 1. The Balaban J connectivity index is 1.29. The molecule has 0 N–H and O–H groups in total. The lowest BCUT2D eigenvalue weighted by Gasteiger charge is -2.35. The van der Waals surface area contributed by atoms with Crippen molar-refractivity contribution in [1.29, 1.82) is 0 Å². The molecule has 2 aromatic rings. The molecule has 2 aliphatic heterocycles. The Morgan fingerprint density at radius 2 is 1.77 bits per heavy atom. The molecule has 35 heavy (non-hydrogen) atoms. The molecule has 6 nitrogen and oxygen atoms in total. The molecule has 2 fully saturated rings. The van der Waals surface area contributed by atoms with Gasteiger partial charge in [-0.2, -0.15) is 0 Å². The predicted octanol–water partition coefficient (Wildman–Crippen LogP) is 4.97. The number of hydrogen-bond donors (Lipinski definition) is 0. The molecular formula is C27H35ClN4O2S. The van der Waals surface area contributed by atoms with Gasteiger partial charge in [-0.3, -0.25) is 14.6 Å². The van der Waals surface area contributed by atoms with Gasteiger partial charge in [-0.05, 0) is 82.1 Å². The summed E-state index contributed by atoms with van der Waals surface area (Å²) in [5, 5.41) is 1.29. The summed E-state index contributed by atoms with van der Waals surface area (Å²) in [5.41, 5.74) is 0.865. The third-order valence-corrected chi connectivity index (χ3v) is 8.60. The first-order valence-corrected chi connectivity index (χ1v) is 13.9. The Hall–Kier alpha value is -2.09. The van der Waals surface area contributed by atoms with Gasteiger partial charge in [-0.1, -0.05) is 17.7 Å². The van der Waals surface area contributed by atoms with Crippen LogP contribution in [0.4, 0.5) is 5.69 Å². The van der Waals surface area contributed by atoms with Crippen LogP contribution in [0.3, 0.4) is 0 Å². The van der Waals surface area contributed by atoms with Crippen molar-refractivity contribution in [3.05, 3.63) is 53.8 Å². The number of amides is 2. The van der Waals surface area contributed by atoms with Gasteiger partial charge >= 0.3 is 0 Å². The average Bonchev–Trinajstić information content (AvgIpc) is 2.88. The van der Waals surface area contributed by atoms with Crippen molar-refractivity contribution in [1.82, 2.24) is 14.8 Å². The lowest BCUT2D eigenvalue weighted by Crippen LogP contribution is -2.45. The van der Waals surface area contributed by atoms with Crippen LogP contribution < -0.4 is 4.90 Å². The second-order valence-electron chi connectivity index (χ2n) is 9.45. The van der Waals surface area contributed by atoms with Crippen LogP contribution >= 0.6 is 23.4 Å². The molecule has 188 valence electrons. The number of likely N-dealkylation sites (tertiary alicyclic amines) is 2. The number of pyridine rings is 1. The molecule has 8 heteroatoms. The summed E-state index contributed by atoms with van der Waals surface area (Å²) >= 11 is 8.22. The second kappa shape index (κ2) is 12.7. The molecule has 2 amide bonds. The van der Waals surface area contributed by atoms with Gasteiger partial charge in [0.05, 0.1) is 0 Å². The van der Waals surface area contributed by atoms with Gasteiger partial charge in [0.2, 0.25) is 11.8 Å². The van der Waals surface area contributed by atoms with Crippen molar-refractivity contribution in [3.63, 3.8) is 0 Å². The molecule has 3 heterocycles. The lowest BCUT2D eigenvalue weighted by molar-refractivity contribution is -0.133. The number of rotatable bonds is 8. The van der Waals surface area contributed by atoms with Gasteiger partial charge in [0.15, 0.2) is 0 Å². The number of carbonyl (C=O) groups excluding carboxylic acids is 2. The van der Waals surface area contributed by atoms with E-state index >= 15 is 0 Å². The molecule has 0 spiro atoms. The lowest BCUT2D eigenvalue weighted by atomic mass is 9.94. The average molecular weight is 515 g/mol. The molecule has 1 aromatic heterocycles. The zero-order chi connectivity index (χ0) is 24.6. The summed E-state index contributed by atoms with van der Waals surface area (Å²) in [7, 11) is 0. The number of halogens is 1. The zero-order valence-corrected chi connectivity index (χ0v) is 22.0. The standard InChI is InChI=1S/C27H35ClN4O2S/c1-21(33)31-18-8-22(9-19-31)27(34)32(24-5-2-4-23(28)20-24)15-3-14-30-16-10-26(11-17-30)35-25-6-12-29-13-7-25/h2,4-7,12-13,20,22,26H,3,8-11,14-19H2,1H3. The van der Waals surface area contributed by atoms with Gasteiger partial charge in [-0.15, -0.1) is 11.8 Å². The molecule has 0 bridgehead atoms. The normalized spacial score (nSPS) is 17.9. The fraction of sp³-hybridized carbons (Fsp3) is 0.519. The van der Waals surface area contributed by atoms with Crippen molar-refractivity contribution in [2.45, 2.75) is 49.2 Å². The third kappa shape index (κ3) is 7.45. The monoisotopic (exact) mass is 514 g/mol. The minimum absolute atomic E-state index is 0.0504. The number of aromatic nitrogens is 1. The molecule has 1 aromatic carbocycles. The summed E-state index contributed by atoms with van der Waals surface area (Å²) in [6.07, 6.45) is 8.44. The van der Waals surface area contributed by atoms with E-state index in [4.69, 9.17) is 11.6 Å². The molecule has 2 saturated heterocycles. The second-order valence-corrected chi connectivity index (χ2v) is 11.3. The first-order chi connectivity index (χ1) is 17.0. The maximum atomic E-state index is 13.5. The summed E-state index contributed by atoms with van der Waals surface area (Å²) < 4.78 is 0. The first kappa shape index (κ1) is 26.0. The molecule has 2 aliphatic rings. The third-order valence-electron chi connectivity index (χ3n) is 7.02. The number of anilines is 1. The molecule has 0 atom stereocenters. The van der Waals surface area contributed by atoms with E-state index in [0.717, 1.165) is 44.6 Å². The van der Waals surface area contributed by atoms with E-state index < -0.39 is 0 Å². The Labute approximate surface area is 218 Å². The van der Waals surface area contributed by atoms with Crippen molar-refractivity contribution >= 4 is 40.9 Å². The Morgan fingerprint density at radius 3 is 2.43 bits per heavy atom. The van der Waals surface area contributed by atoms with E-state index in [-0.39, 0.29) is 17.7 Å². The maximum Gasteiger partial charge on any atom is 0.230 e. The fourth-order valence-corrected chi connectivity index (χ4v) is 6.28. The molecular weight excluding hydrogens is 480 g/mol. The fourth-order valence-electron chi connectivity index (χ4n) is 4.98. The highest BCUT2D eigenvalue weighted by Gasteiger charge is 2.30. The number of thioether (sulfide) groups is 1. The van der Waals surface area contributed by atoms with Crippen LogP contribution in [0.1, 0.15) is 39.0 Å². The van der Waals surface area contributed by atoms with Gasteiger partial charge in [-0.25, -0.2) is 0 Å². The molecule has 0 aliphatic carbocycles. The number of piperidine rings is 2. The number of nitrogens with zero attached hydrogens (tertiary/aromatic N) is 4. The van der Waals surface area contributed by atoms with Crippen molar-refractivity contribution in [3.8, 4) is 0 Å². The van der Waals surface area contributed by atoms with Crippen LogP contribution in [0.15, 0.2) is 53.7 Å². The van der Waals surface area contributed by atoms with E-state index in [2.05, 4.69) is 22.0 Å². The van der Waals surface area contributed by atoms with Crippen LogP contribution in [0.2, 0.25) is 5.02 Å². The van der Waals surface area contributed by atoms with Crippen molar-refractivity contribution < 1.29 is 9.59 Å². The topological polar surface area (TPSA) is 56.8 Å². The van der Waals surface area contributed by atoms with Crippen LogP contribution in [-0.4, -0.2) is 71.1 Å². The van der Waals surface area contributed by atoms with E-state index in [1.807, 2.05) is 58.2 Å². The van der Waals surface area contributed by atoms with Crippen molar-refractivity contribution in [2.75, 3.05) is 44.2 Å². The van der Waals surface area contributed by atoms with Crippen LogP contribution in [0.25, 0.3) is 0 Å². The maximum absolute atomic E-state index is 13.5. The number of carbonyl (C=O) groups is 2. The van der Waals surface area contributed by atoms with Gasteiger partial charge in [0.25, 0.3) is 0 Å². The molecule has 0 unspecified atom stereocenters. The summed E-state index contributed by atoms with van der Waals surface area (Å²) in [6.45, 7) is 6.76. The quantitative estimate of drug-likeness (QED) is 0.497. The summed E-state index contributed by atoms with van der Waals surface area (Å²) in [6, 6.07) is 11.8.